The molecular formula is C15H13ClN4O. The number of amides is 2. The molecule has 2 heterocycles. The lowest BCUT2D eigenvalue weighted by Gasteiger charge is -2.05. The van der Waals surface area contributed by atoms with Crippen molar-refractivity contribution in [3.63, 3.8) is 0 Å². The van der Waals surface area contributed by atoms with Gasteiger partial charge in [0.05, 0.1) is 12.2 Å². The average Bonchev–Trinajstić information content (AvgIpc) is 2.88. The second-order valence-corrected chi connectivity index (χ2v) is 4.95. The maximum atomic E-state index is 11.8. The van der Waals surface area contributed by atoms with Crippen molar-refractivity contribution in [2.45, 2.75) is 6.54 Å². The van der Waals surface area contributed by atoms with Crippen molar-refractivity contribution in [2.24, 2.45) is 0 Å². The van der Waals surface area contributed by atoms with Gasteiger partial charge in [0.2, 0.25) is 0 Å². The first-order chi connectivity index (χ1) is 10.2. The molecule has 0 aliphatic carbocycles. The van der Waals surface area contributed by atoms with Crippen LogP contribution in [0.2, 0.25) is 5.02 Å². The Bertz CT molecular complexity index is 770. The number of imidazole rings is 1. The summed E-state index contributed by atoms with van der Waals surface area (Å²) in [6, 6.07) is 12.6. The smallest absolute Gasteiger partial charge is 0.319 e. The number of carbonyl (C=O) groups excluding carboxylic acids is 1. The summed E-state index contributed by atoms with van der Waals surface area (Å²) in [5, 5.41) is 6.15. The Morgan fingerprint density at radius 2 is 2.05 bits per heavy atom. The van der Waals surface area contributed by atoms with Crippen LogP contribution in [0.1, 0.15) is 5.69 Å². The highest BCUT2D eigenvalue weighted by Crippen LogP contribution is 2.12. The van der Waals surface area contributed by atoms with Crippen molar-refractivity contribution in [1.29, 1.82) is 0 Å². The zero-order valence-electron chi connectivity index (χ0n) is 11.1. The fourth-order valence-electron chi connectivity index (χ4n) is 1.96. The molecule has 3 rings (SSSR count). The van der Waals surface area contributed by atoms with E-state index in [1.165, 1.54) is 0 Å². The molecule has 0 saturated heterocycles. The number of rotatable bonds is 3. The SMILES string of the molecule is O=C(NCc1cn2ccc(Cl)cc2n1)Nc1ccccc1. The van der Waals surface area contributed by atoms with Crippen LogP contribution >= 0.6 is 11.6 Å². The largest absolute Gasteiger partial charge is 0.332 e. The number of halogens is 1. The number of para-hydroxylation sites is 1. The lowest BCUT2D eigenvalue weighted by atomic mass is 10.3. The number of aromatic nitrogens is 2. The molecule has 0 bridgehead atoms. The normalized spacial score (nSPS) is 10.5. The second kappa shape index (κ2) is 5.85. The monoisotopic (exact) mass is 300 g/mol. The van der Waals surface area contributed by atoms with Gasteiger partial charge in [-0.1, -0.05) is 29.8 Å². The number of anilines is 1. The number of carbonyl (C=O) groups is 1. The van der Waals surface area contributed by atoms with Crippen LogP contribution < -0.4 is 10.6 Å². The van der Waals surface area contributed by atoms with Crippen LogP contribution in [0.3, 0.4) is 0 Å². The van der Waals surface area contributed by atoms with E-state index < -0.39 is 0 Å². The summed E-state index contributed by atoms with van der Waals surface area (Å²) in [5.74, 6) is 0. The Hall–Kier alpha value is -2.53. The van der Waals surface area contributed by atoms with Gasteiger partial charge in [-0.25, -0.2) is 9.78 Å². The number of pyridine rings is 1. The third-order valence-corrected chi connectivity index (χ3v) is 3.17. The Morgan fingerprint density at radius 1 is 1.24 bits per heavy atom. The van der Waals surface area contributed by atoms with Crippen LogP contribution in [0, 0.1) is 0 Å². The van der Waals surface area contributed by atoms with Gasteiger partial charge in [0.15, 0.2) is 0 Å². The van der Waals surface area contributed by atoms with Crippen LogP contribution in [0.15, 0.2) is 54.9 Å². The van der Waals surface area contributed by atoms with E-state index in [2.05, 4.69) is 15.6 Å². The van der Waals surface area contributed by atoms with Gasteiger partial charge in [-0.15, -0.1) is 0 Å². The third kappa shape index (κ3) is 3.32. The highest BCUT2D eigenvalue weighted by atomic mass is 35.5. The number of hydrogen-bond acceptors (Lipinski definition) is 2. The molecule has 2 amide bonds. The minimum absolute atomic E-state index is 0.267. The maximum absolute atomic E-state index is 11.8. The Labute approximate surface area is 126 Å². The number of fused-ring (bicyclic) bond motifs is 1. The van der Waals surface area contributed by atoms with Gasteiger partial charge in [-0.3, -0.25) is 0 Å². The number of nitrogens with zero attached hydrogens (tertiary/aromatic N) is 2. The lowest BCUT2D eigenvalue weighted by molar-refractivity contribution is 0.251. The molecule has 2 aromatic heterocycles. The van der Waals surface area contributed by atoms with Crippen LogP contribution in [-0.2, 0) is 6.54 Å². The zero-order chi connectivity index (χ0) is 14.7. The number of urea groups is 1. The topological polar surface area (TPSA) is 58.4 Å². The van der Waals surface area contributed by atoms with Gasteiger partial charge in [0, 0.05) is 23.1 Å². The Balaban J connectivity index is 1.62. The van der Waals surface area contributed by atoms with E-state index in [4.69, 9.17) is 11.6 Å². The summed E-state index contributed by atoms with van der Waals surface area (Å²) in [6.07, 6.45) is 3.69. The molecule has 0 aliphatic heterocycles. The summed E-state index contributed by atoms with van der Waals surface area (Å²) in [5.41, 5.74) is 2.26. The van der Waals surface area contributed by atoms with Gasteiger partial charge in [0.25, 0.3) is 0 Å². The molecule has 0 saturated carbocycles. The fourth-order valence-corrected chi connectivity index (χ4v) is 2.12. The molecule has 0 aliphatic rings. The van der Waals surface area contributed by atoms with Crippen molar-refractivity contribution < 1.29 is 4.79 Å². The predicted molar refractivity (Wildman–Crippen MR) is 82.5 cm³/mol. The van der Waals surface area contributed by atoms with Crippen molar-refractivity contribution in [2.75, 3.05) is 5.32 Å². The van der Waals surface area contributed by atoms with Crippen molar-refractivity contribution in [1.82, 2.24) is 14.7 Å². The quantitative estimate of drug-likeness (QED) is 0.779. The number of nitrogens with one attached hydrogen (secondary N) is 2. The first kappa shape index (κ1) is 13.5. The molecule has 6 heteroatoms. The highest BCUT2D eigenvalue weighted by molar-refractivity contribution is 6.30. The van der Waals surface area contributed by atoms with Crippen LogP contribution in [0.4, 0.5) is 10.5 Å². The van der Waals surface area contributed by atoms with Crippen LogP contribution in [0.5, 0.6) is 0 Å². The van der Waals surface area contributed by atoms with Crippen LogP contribution in [0.25, 0.3) is 5.65 Å². The zero-order valence-corrected chi connectivity index (χ0v) is 11.8. The van der Waals surface area contributed by atoms with Crippen LogP contribution in [-0.4, -0.2) is 15.4 Å². The molecule has 5 nitrogen and oxygen atoms in total. The molecule has 0 atom stereocenters. The van der Waals surface area contributed by atoms with Gasteiger partial charge >= 0.3 is 6.03 Å². The van der Waals surface area contributed by atoms with E-state index in [9.17, 15) is 4.79 Å². The van der Waals surface area contributed by atoms with E-state index in [-0.39, 0.29) is 6.03 Å². The lowest BCUT2D eigenvalue weighted by Crippen LogP contribution is -2.28. The number of hydrogen-bond donors (Lipinski definition) is 2. The molecule has 1 aromatic carbocycles. The second-order valence-electron chi connectivity index (χ2n) is 4.52. The predicted octanol–water partition coefficient (Wildman–Crippen LogP) is 3.31. The van der Waals surface area contributed by atoms with Crippen molar-refractivity contribution in [3.8, 4) is 0 Å². The first-order valence-electron chi connectivity index (χ1n) is 6.44. The Kier molecular flexibility index (Phi) is 3.75. The summed E-state index contributed by atoms with van der Waals surface area (Å²) < 4.78 is 1.86. The summed E-state index contributed by atoms with van der Waals surface area (Å²) >= 11 is 5.91. The van der Waals surface area contributed by atoms with Gasteiger partial charge in [0.1, 0.15) is 5.65 Å². The molecular weight excluding hydrogens is 288 g/mol. The third-order valence-electron chi connectivity index (χ3n) is 2.93. The molecule has 106 valence electrons. The van der Waals surface area contributed by atoms with Gasteiger partial charge in [-0.05, 0) is 24.3 Å². The summed E-state index contributed by atoms with van der Waals surface area (Å²) in [7, 11) is 0. The summed E-state index contributed by atoms with van der Waals surface area (Å²) in [6.45, 7) is 0.345. The van der Waals surface area contributed by atoms with Gasteiger partial charge in [-0.2, -0.15) is 0 Å². The average molecular weight is 301 g/mol. The van der Waals surface area contributed by atoms with Gasteiger partial charge < -0.3 is 15.0 Å². The molecule has 0 radical (unpaired) electrons. The minimum Gasteiger partial charge on any atom is -0.332 e. The highest BCUT2D eigenvalue weighted by Gasteiger charge is 2.05. The Morgan fingerprint density at radius 3 is 2.86 bits per heavy atom. The van der Waals surface area contributed by atoms with E-state index >= 15 is 0 Å². The molecule has 0 spiro atoms. The first-order valence-corrected chi connectivity index (χ1v) is 6.81. The molecule has 2 N–H and O–H groups in total. The fraction of sp³-hybridized carbons (Fsp3) is 0.0667. The van der Waals surface area contributed by atoms with E-state index in [0.29, 0.717) is 11.6 Å². The molecule has 21 heavy (non-hydrogen) atoms. The van der Waals surface area contributed by atoms with E-state index in [0.717, 1.165) is 17.0 Å². The summed E-state index contributed by atoms with van der Waals surface area (Å²) in [4.78, 5) is 16.2. The standard InChI is InChI=1S/C15H13ClN4O/c16-11-6-7-20-10-13(18-14(20)8-11)9-17-15(21)19-12-4-2-1-3-5-12/h1-8,10H,9H2,(H2,17,19,21). The molecule has 0 fully saturated rings. The maximum Gasteiger partial charge on any atom is 0.319 e. The van der Waals surface area contributed by atoms with Crippen molar-refractivity contribution in [3.05, 3.63) is 65.6 Å². The van der Waals surface area contributed by atoms with E-state index in [1.807, 2.05) is 47.1 Å². The number of benzene rings is 1. The minimum atomic E-state index is -0.267. The van der Waals surface area contributed by atoms with E-state index in [1.54, 1.807) is 12.1 Å². The van der Waals surface area contributed by atoms with Crippen molar-refractivity contribution >= 4 is 29.0 Å². The molecule has 3 aromatic rings. The molecule has 0 unspecified atom stereocenters.